The Morgan fingerprint density at radius 2 is 2.21 bits per heavy atom. The molecule has 0 saturated heterocycles. The molecule has 0 aliphatic heterocycles. The fourth-order valence-corrected chi connectivity index (χ4v) is 2.17. The molecule has 0 bridgehead atoms. The molecule has 0 aliphatic carbocycles. The molecule has 1 aromatic heterocycles. The fourth-order valence-electron chi connectivity index (χ4n) is 0.903. The number of rotatable bonds is 5. The Morgan fingerprint density at radius 3 is 2.71 bits per heavy atom. The van der Waals surface area contributed by atoms with Crippen LogP contribution in [0.5, 0.6) is 0 Å². The molecule has 2 nitrogen and oxygen atoms in total. The molecule has 0 aromatic carbocycles. The normalized spacial score (nSPS) is 12.0. The van der Waals surface area contributed by atoms with E-state index < -0.39 is 0 Å². The van der Waals surface area contributed by atoms with Crippen LogP contribution in [0.4, 0.5) is 0 Å². The van der Waals surface area contributed by atoms with Crippen molar-refractivity contribution in [2.45, 2.75) is 19.6 Å². The summed E-state index contributed by atoms with van der Waals surface area (Å²) in [6.07, 6.45) is 0. The average molecular weight is 235 g/mol. The number of thioether (sulfide) groups is 1. The van der Waals surface area contributed by atoms with Gasteiger partial charge in [-0.1, -0.05) is 13.8 Å². The minimum atomic E-state index is -0.0267. The first-order chi connectivity index (χ1) is 6.53. The van der Waals surface area contributed by atoms with Crippen molar-refractivity contribution in [2.75, 3.05) is 12.4 Å². The minimum absolute atomic E-state index is 0.0267. The first kappa shape index (κ1) is 12.0. The summed E-state index contributed by atoms with van der Waals surface area (Å²) in [5.41, 5.74) is -0.0267. The second-order valence-corrected chi connectivity index (χ2v) is 5.38. The van der Waals surface area contributed by atoms with E-state index in [0.717, 1.165) is 17.3 Å². The van der Waals surface area contributed by atoms with Gasteiger partial charge in [0.1, 0.15) is 5.76 Å². The summed E-state index contributed by atoms with van der Waals surface area (Å²) in [4.78, 5) is 0. The van der Waals surface area contributed by atoms with Crippen molar-refractivity contribution in [2.24, 2.45) is 5.41 Å². The second-order valence-electron chi connectivity index (χ2n) is 4.02. The van der Waals surface area contributed by atoms with E-state index in [2.05, 4.69) is 0 Å². The van der Waals surface area contributed by atoms with Crippen molar-refractivity contribution in [1.82, 2.24) is 0 Å². The summed E-state index contributed by atoms with van der Waals surface area (Å²) in [5.74, 6) is 2.59. The third kappa shape index (κ3) is 3.95. The van der Waals surface area contributed by atoms with Crippen LogP contribution in [0.25, 0.3) is 0 Å². The van der Waals surface area contributed by atoms with Gasteiger partial charge < -0.3 is 9.52 Å². The number of furan rings is 1. The van der Waals surface area contributed by atoms with Crippen LogP contribution in [0.2, 0.25) is 5.22 Å². The summed E-state index contributed by atoms with van der Waals surface area (Å²) in [6, 6.07) is 3.62. The van der Waals surface area contributed by atoms with Gasteiger partial charge >= 0.3 is 0 Å². The third-order valence-electron chi connectivity index (χ3n) is 1.79. The van der Waals surface area contributed by atoms with Crippen LogP contribution in [0, 0.1) is 5.41 Å². The Hall–Kier alpha value is -0.120. The Bertz CT molecular complexity index is 283. The molecule has 0 spiro atoms. The van der Waals surface area contributed by atoms with Crippen molar-refractivity contribution in [1.29, 1.82) is 0 Å². The highest BCUT2D eigenvalue weighted by Crippen LogP contribution is 2.25. The highest BCUT2D eigenvalue weighted by atomic mass is 35.5. The van der Waals surface area contributed by atoms with Crippen molar-refractivity contribution in [3.05, 3.63) is 23.1 Å². The highest BCUT2D eigenvalue weighted by molar-refractivity contribution is 7.98. The molecule has 0 radical (unpaired) electrons. The van der Waals surface area contributed by atoms with Crippen molar-refractivity contribution >= 4 is 23.4 Å². The minimum Gasteiger partial charge on any atom is -0.449 e. The van der Waals surface area contributed by atoms with Crippen LogP contribution in [0.15, 0.2) is 16.5 Å². The largest absolute Gasteiger partial charge is 0.449 e. The van der Waals surface area contributed by atoms with Crippen LogP contribution in [0.1, 0.15) is 19.6 Å². The molecule has 4 heteroatoms. The monoisotopic (exact) mass is 234 g/mol. The summed E-state index contributed by atoms with van der Waals surface area (Å²) in [6.45, 7) is 4.28. The van der Waals surface area contributed by atoms with Crippen molar-refractivity contribution < 1.29 is 9.52 Å². The summed E-state index contributed by atoms with van der Waals surface area (Å²) in [5, 5.41) is 9.47. The van der Waals surface area contributed by atoms with Crippen LogP contribution in [-0.2, 0) is 5.75 Å². The van der Waals surface area contributed by atoms with Crippen molar-refractivity contribution in [3.8, 4) is 0 Å². The lowest BCUT2D eigenvalue weighted by Gasteiger charge is -2.20. The molecule has 1 N–H and O–H groups in total. The smallest absolute Gasteiger partial charge is 0.193 e. The van der Waals surface area contributed by atoms with Crippen LogP contribution in [0.3, 0.4) is 0 Å². The molecule has 0 fully saturated rings. The summed E-state index contributed by atoms with van der Waals surface area (Å²) in [7, 11) is 0. The Morgan fingerprint density at radius 1 is 1.50 bits per heavy atom. The van der Waals surface area contributed by atoms with Gasteiger partial charge in [-0.3, -0.25) is 0 Å². The molecular formula is C10H15ClO2S. The third-order valence-corrected chi connectivity index (χ3v) is 3.47. The zero-order valence-corrected chi connectivity index (χ0v) is 9.99. The van der Waals surface area contributed by atoms with E-state index in [0.29, 0.717) is 5.22 Å². The Balaban J connectivity index is 2.28. The molecule has 14 heavy (non-hydrogen) atoms. The van der Waals surface area contributed by atoms with Crippen molar-refractivity contribution in [3.63, 3.8) is 0 Å². The van der Waals surface area contributed by atoms with Gasteiger partial charge in [0.2, 0.25) is 0 Å². The predicted octanol–water partition coefficient (Wildman–Crippen LogP) is 3.18. The highest BCUT2D eigenvalue weighted by Gasteiger charge is 2.16. The lowest BCUT2D eigenvalue weighted by Crippen LogP contribution is -2.19. The van der Waals surface area contributed by atoms with Gasteiger partial charge in [-0.2, -0.15) is 11.8 Å². The van der Waals surface area contributed by atoms with E-state index in [1.54, 1.807) is 17.8 Å². The summed E-state index contributed by atoms with van der Waals surface area (Å²) >= 11 is 7.38. The maximum Gasteiger partial charge on any atom is 0.193 e. The maximum atomic E-state index is 9.04. The van der Waals surface area contributed by atoms with Crippen LogP contribution < -0.4 is 0 Å². The lowest BCUT2D eigenvalue weighted by molar-refractivity contribution is 0.180. The van der Waals surface area contributed by atoms with E-state index in [1.165, 1.54) is 0 Å². The summed E-state index contributed by atoms with van der Waals surface area (Å²) < 4.78 is 5.21. The second kappa shape index (κ2) is 5.10. The van der Waals surface area contributed by atoms with Gasteiger partial charge in [0.05, 0.1) is 5.75 Å². The lowest BCUT2D eigenvalue weighted by atomic mass is 9.98. The number of halogens is 1. The molecule has 0 atom stereocenters. The molecule has 0 aliphatic rings. The molecular weight excluding hydrogens is 220 g/mol. The van der Waals surface area contributed by atoms with Gasteiger partial charge in [0.15, 0.2) is 5.22 Å². The van der Waals surface area contributed by atoms with E-state index in [1.807, 2.05) is 19.9 Å². The van der Waals surface area contributed by atoms with Crippen LogP contribution in [-0.4, -0.2) is 17.5 Å². The zero-order valence-electron chi connectivity index (χ0n) is 8.42. The van der Waals surface area contributed by atoms with E-state index >= 15 is 0 Å². The number of hydrogen-bond acceptors (Lipinski definition) is 3. The number of aliphatic hydroxyl groups excluding tert-OH is 1. The quantitative estimate of drug-likeness (QED) is 0.850. The van der Waals surface area contributed by atoms with Gasteiger partial charge in [-0.05, 0) is 29.1 Å². The van der Waals surface area contributed by atoms with Gasteiger partial charge in [0, 0.05) is 12.4 Å². The molecule has 80 valence electrons. The topological polar surface area (TPSA) is 33.4 Å². The predicted molar refractivity (Wildman–Crippen MR) is 60.7 cm³/mol. The van der Waals surface area contributed by atoms with Gasteiger partial charge in [-0.25, -0.2) is 0 Å². The molecule has 1 heterocycles. The number of aliphatic hydroxyl groups is 1. The standard InChI is InChI=1S/C10H15ClO2S/c1-10(2,6-12)7-14-5-8-3-4-9(11)13-8/h3-4,12H,5-7H2,1-2H3. The van der Waals surface area contributed by atoms with Gasteiger partial charge in [-0.15, -0.1) is 0 Å². The molecule has 1 aromatic rings. The SMILES string of the molecule is CC(C)(CO)CSCc1ccc(Cl)o1. The van der Waals surface area contributed by atoms with E-state index in [-0.39, 0.29) is 12.0 Å². The van der Waals surface area contributed by atoms with Crippen LogP contribution >= 0.6 is 23.4 Å². The molecule has 0 saturated carbocycles. The maximum absolute atomic E-state index is 9.04. The zero-order chi connectivity index (χ0) is 10.6. The Kier molecular flexibility index (Phi) is 4.35. The Labute approximate surface area is 93.6 Å². The average Bonchev–Trinajstić information content (AvgIpc) is 2.51. The van der Waals surface area contributed by atoms with E-state index in [4.69, 9.17) is 21.1 Å². The molecule has 1 rings (SSSR count). The molecule has 0 unspecified atom stereocenters. The van der Waals surface area contributed by atoms with Gasteiger partial charge in [0.25, 0.3) is 0 Å². The number of hydrogen-bond donors (Lipinski definition) is 1. The fraction of sp³-hybridized carbons (Fsp3) is 0.600. The first-order valence-corrected chi connectivity index (χ1v) is 5.99. The first-order valence-electron chi connectivity index (χ1n) is 4.46. The molecule has 0 amide bonds. The van der Waals surface area contributed by atoms with E-state index in [9.17, 15) is 0 Å².